The summed E-state index contributed by atoms with van der Waals surface area (Å²) in [6.07, 6.45) is 6.41. The molecule has 2 aliphatic carbocycles. The molecule has 0 aromatic carbocycles. The molecule has 0 aliphatic heterocycles. The first-order valence-electron chi connectivity index (χ1n) is 6.78. The van der Waals surface area contributed by atoms with Crippen molar-refractivity contribution in [1.82, 2.24) is 10.2 Å². The molecule has 2 saturated carbocycles. The molecule has 0 bridgehead atoms. The lowest BCUT2D eigenvalue weighted by molar-refractivity contribution is -0.130. The zero-order valence-electron chi connectivity index (χ0n) is 10.4. The molecule has 0 atom stereocenters. The summed E-state index contributed by atoms with van der Waals surface area (Å²) in [5, 5.41) is 3.29. The molecule has 0 heterocycles. The van der Waals surface area contributed by atoms with Crippen LogP contribution in [-0.4, -0.2) is 37.0 Å². The standard InChI is InChI=1S/C13H24N2O/c1-2-7-15(10-12-5-6-12)13(16)9-14-8-11-3-4-11/h11-12,14H,2-10H2,1H3. The summed E-state index contributed by atoms with van der Waals surface area (Å²) in [6.45, 7) is 5.65. The summed E-state index contributed by atoms with van der Waals surface area (Å²) >= 11 is 0. The van der Waals surface area contributed by atoms with Crippen LogP contribution in [-0.2, 0) is 4.79 Å². The molecule has 0 saturated heterocycles. The highest BCUT2D eigenvalue weighted by Crippen LogP contribution is 2.30. The number of hydrogen-bond donors (Lipinski definition) is 1. The third-order valence-electron chi connectivity index (χ3n) is 3.43. The lowest BCUT2D eigenvalue weighted by Crippen LogP contribution is -2.40. The van der Waals surface area contributed by atoms with Crippen LogP contribution in [0.4, 0.5) is 0 Å². The van der Waals surface area contributed by atoms with Crippen molar-refractivity contribution in [1.29, 1.82) is 0 Å². The van der Waals surface area contributed by atoms with Crippen LogP contribution < -0.4 is 5.32 Å². The second kappa shape index (κ2) is 5.67. The number of carbonyl (C=O) groups is 1. The van der Waals surface area contributed by atoms with E-state index in [4.69, 9.17) is 0 Å². The van der Waals surface area contributed by atoms with E-state index in [1.807, 2.05) is 0 Å². The summed E-state index contributed by atoms with van der Waals surface area (Å²) in [4.78, 5) is 14.0. The Labute approximate surface area is 98.6 Å². The Morgan fingerprint density at radius 2 is 1.94 bits per heavy atom. The Hall–Kier alpha value is -0.570. The second-order valence-electron chi connectivity index (χ2n) is 5.36. The summed E-state index contributed by atoms with van der Waals surface area (Å²) in [5.41, 5.74) is 0. The molecule has 0 radical (unpaired) electrons. The van der Waals surface area contributed by atoms with E-state index in [9.17, 15) is 4.79 Å². The van der Waals surface area contributed by atoms with Crippen LogP contribution in [0.5, 0.6) is 0 Å². The van der Waals surface area contributed by atoms with Gasteiger partial charge in [-0.15, -0.1) is 0 Å². The maximum Gasteiger partial charge on any atom is 0.236 e. The van der Waals surface area contributed by atoms with Crippen LogP contribution in [0.2, 0.25) is 0 Å². The molecule has 1 amide bonds. The van der Waals surface area contributed by atoms with Gasteiger partial charge in [-0.05, 0) is 50.5 Å². The first-order valence-corrected chi connectivity index (χ1v) is 6.78. The van der Waals surface area contributed by atoms with Gasteiger partial charge in [0.15, 0.2) is 0 Å². The third kappa shape index (κ3) is 4.12. The quantitative estimate of drug-likeness (QED) is 0.679. The zero-order chi connectivity index (χ0) is 11.4. The van der Waals surface area contributed by atoms with E-state index in [0.29, 0.717) is 12.5 Å². The van der Waals surface area contributed by atoms with Crippen molar-refractivity contribution in [2.75, 3.05) is 26.2 Å². The molecule has 2 aliphatic rings. The second-order valence-corrected chi connectivity index (χ2v) is 5.36. The lowest BCUT2D eigenvalue weighted by atomic mass is 10.3. The number of nitrogens with zero attached hydrogens (tertiary/aromatic N) is 1. The Morgan fingerprint density at radius 3 is 2.50 bits per heavy atom. The molecule has 16 heavy (non-hydrogen) atoms. The molecule has 2 rings (SSSR count). The lowest BCUT2D eigenvalue weighted by Gasteiger charge is -2.22. The normalized spacial score (nSPS) is 19.8. The van der Waals surface area contributed by atoms with Gasteiger partial charge in [0.2, 0.25) is 5.91 Å². The average Bonchev–Trinajstić information content (AvgIpc) is 3.12. The van der Waals surface area contributed by atoms with Crippen LogP contribution >= 0.6 is 0 Å². The summed E-state index contributed by atoms with van der Waals surface area (Å²) in [6, 6.07) is 0. The number of nitrogens with one attached hydrogen (secondary N) is 1. The minimum atomic E-state index is 0.300. The van der Waals surface area contributed by atoms with Crippen molar-refractivity contribution in [3.8, 4) is 0 Å². The largest absolute Gasteiger partial charge is 0.341 e. The van der Waals surface area contributed by atoms with Crippen molar-refractivity contribution in [3.05, 3.63) is 0 Å². The molecule has 92 valence electrons. The minimum Gasteiger partial charge on any atom is -0.341 e. The van der Waals surface area contributed by atoms with Gasteiger partial charge in [0, 0.05) is 13.1 Å². The predicted octanol–water partition coefficient (Wildman–Crippen LogP) is 1.63. The van der Waals surface area contributed by atoms with Crippen LogP contribution in [0, 0.1) is 11.8 Å². The number of hydrogen-bond acceptors (Lipinski definition) is 2. The fraction of sp³-hybridized carbons (Fsp3) is 0.923. The smallest absolute Gasteiger partial charge is 0.236 e. The van der Waals surface area contributed by atoms with Crippen LogP contribution in [0.25, 0.3) is 0 Å². The van der Waals surface area contributed by atoms with Gasteiger partial charge in [0.05, 0.1) is 6.54 Å². The predicted molar refractivity (Wildman–Crippen MR) is 65.2 cm³/mol. The molecule has 3 heteroatoms. The topological polar surface area (TPSA) is 32.3 Å². The van der Waals surface area contributed by atoms with E-state index in [0.717, 1.165) is 37.9 Å². The number of carbonyl (C=O) groups excluding carboxylic acids is 1. The SMILES string of the molecule is CCCN(CC1CC1)C(=O)CNCC1CC1. The van der Waals surface area contributed by atoms with Crippen LogP contribution in [0.15, 0.2) is 0 Å². The molecule has 0 aromatic heterocycles. The minimum absolute atomic E-state index is 0.300. The van der Waals surface area contributed by atoms with Gasteiger partial charge in [0.1, 0.15) is 0 Å². The van der Waals surface area contributed by atoms with Crippen molar-refractivity contribution >= 4 is 5.91 Å². The van der Waals surface area contributed by atoms with Crippen molar-refractivity contribution < 1.29 is 4.79 Å². The van der Waals surface area contributed by atoms with E-state index < -0.39 is 0 Å². The van der Waals surface area contributed by atoms with Gasteiger partial charge >= 0.3 is 0 Å². The van der Waals surface area contributed by atoms with Crippen molar-refractivity contribution in [2.24, 2.45) is 11.8 Å². The Kier molecular flexibility index (Phi) is 4.22. The van der Waals surface area contributed by atoms with Gasteiger partial charge in [-0.2, -0.15) is 0 Å². The monoisotopic (exact) mass is 224 g/mol. The van der Waals surface area contributed by atoms with Gasteiger partial charge in [-0.25, -0.2) is 0 Å². The highest BCUT2D eigenvalue weighted by Gasteiger charge is 2.26. The molecule has 3 nitrogen and oxygen atoms in total. The van der Waals surface area contributed by atoms with Crippen LogP contribution in [0.3, 0.4) is 0 Å². The Bertz CT molecular complexity index is 234. The molecular formula is C13H24N2O. The highest BCUT2D eigenvalue weighted by atomic mass is 16.2. The Morgan fingerprint density at radius 1 is 1.25 bits per heavy atom. The first-order chi connectivity index (χ1) is 7.79. The van der Waals surface area contributed by atoms with Gasteiger partial charge < -0.3 is 10.2 Å². The van der Waals surface area contributed by atoms with Gasteiger partial charge in [0.25, 0.3) is 0 Å². The first kappa shape index (κ1) is 11.9. The van der Waals surface area contributed by atoms with Crippen molar-refractivity contribution in [3.63, 3.8) is 0 Å². The summed E-state index contributed by atoms with van der Waals surface area (Å²) in [7, 11) is 0. The molecular weight excluding hydrogens is 200 g/mol. The molecule has 1 N–H and O–H groups in total. The highest BCUT2D eigenvalue weighted by molar-refractivity contribution is 5.78. The fourth-order valence-electron chi connectivity index (χ4n) is 2.02. The van der Waals surface area contributed by atoms with Crippen molar-refractivity contribution in [2.45, 2.75) is 39.0 Å². The number of amides is 1. The fourth-order valence-corrected chi connectivity index (χ4v) is 2.02. The summed E-state index contributed by atoms with van der Waals surface area (Å²) in [5.74, 6) is 1.96. The zero-order valence-corrected chi connectivity index (χ0v) is 10.4. The molecule has 0 aromatic rings. The van der Waals surface area contributed by atoms with E-state index in [2.05, 4.69) is 17.1 Å². The Balaban J connectivity index is 1.64. The maximum atomic E-state index is 12.0. The van der Waals surface area contributed by atoms with Gasteiger partial charge in [-0.3, -0.25) is 4.79 Å². The van der Waals surface area contributed by atoms with E-state index in [1.54, 1.807) is 0 Å². The van der Waals surface area contributed by atoms with E-state index in [-0.39, 0.29) is 0 Å². The molecule has 0 unspecified atom stereocenters. The molecule has 2 fully saturated rings. The summed E-state index contributed by atoms with van der Waals surface area (Å²) < 4.78 is 0. The molecule has 0 spiro atoms. The third-order valence-corrected chi connectivity index (χ3v) is 3.43. The van der Waals surface area contributed by atoms with Gasteiger partial charge in [-0.1, -0.05) is 6.92 Å². The van der Waals surface area contributed by atoms with E-state index in [1.165, 1.54) is 25.7 Å². The number of rotatable bonds is 8. The van der Waals surface area contributed by atoms with Crippen LogP contribution in [0.1, 0.15) is 39.0 Å². The maximum absolute atomic E-state index is 12.0. The average molecular weight is 224 g/mol. The van der Waals surface area contributed by atoms with E-state index >= 15 is 0 Å².